The van der Waals surface area contributed by atoms with Gasteiger partial charge in [0.25, 0.3) is 0 Å². The highest BCUT2D eigenvalue weighted by molar-refractivity contribution is 6.28. The van der Waals surface area contributed by atoms with Crippen LogP contribution in [0.3, 0.4) is 0 Å². The number of rotatable bonds is 7. The summed E-state index contributed by atoms with van der Waals surface area (Å²) < 4.78 is 45.2. The van der Waals surface area contributed by atoms with Crippen LogP contribution in [0.4, 0.5) is 19.0 Å². The zero-order chi connectivity index (χ0) is 28.6. The van der Waals surface area contributed by atoms with E-state index in [0.29, 0.717) is 6.54 Å². The molecule has 0 saturated heterocycles. The summed E-state index contributed by atoms with van der Waals surface area (Å²) in [6, 6.07) is 11.7. The van der Waals surface area contributed by atoms with Gasteiger partial charge >= 0.3 is 12.1 Å². The molecule has 2 heterocycles. The van der Waals surface area contributed by atoms with Gasteiger partial charge in [-0.1, -0.05) is 49.4 Å². The number of aromatic nitrogens is 4. The second kappa shape index (κ2) is 10.9. The van der Waals surface area contributed by atoms with Crippen molar-refractivity contribution in [1.29, 1.82) is 0 Å². The first-order valence-electron chi connectivity index (χ1n) is 12.4. The van der Waals surface area contributed by atoms with Gasteiger partial charge in [-0.3, -0.25) is 4.79 Å². The van der Waals surface area contributed by atoms with Crippen LogP contribution < -0.4 is 10.6 Å². The highest BCUT2D eigenvalue weighted by Crippen LogP contribution is 2.37. The molecule has 3 N–H and O–H groups in total. The Kier molecular flexibility index (Phi) is 7.51. The van der Waals surface area contributed by atoms with Crippen LogP contribution in [0.1, 0.15) is 31.4 Å². The number of anilines is 1. The zero-order valence-corrected chi connectivity index (χ0v) is 21.8. The first kappa shape index (κ1) is 27.6. The fourth-order valence-electron chi connectivity index (χ4n) is 4.94. The number of esters is 1. The van der Waals surface area contributed by atoms with Crippen LogP contribution in [0, 0.1) is 0 Å². The van der Waals surface area contributed by atoms with Crippen LogP contribution in [0.5, 0.6) is 0 Å². The van der Waals surface area contributed by atoms with Crippen molar-refractivity contribution < 1.29 is 32.6 Å². The van der Waals surface area contributed by atoms with E-state index in [1.54, 1.807) is 6.92 Å². The van der Waals surface area contributed by atoms with E-state index in [9.17, 15) is 27.9 Å². The lowest BCUT2D eigenvalue weighted by Gasteiger charge is -2.24. The van der Waals surface area contributed by atoms with Gasteiger partial charge in [0.15, 0.2) is 23.1 Å². The van der Waals surface area contributed by atoms with E-state index in [-0.39, 0.29) is 35.1 Å². The molecule has 4 aromatic rings. The monoisotopic (exact) mass is 576 g/mol. The third-order valence-electron chi connectivity index (χ3n) is 6.84. The molecule has 0 spiro atoms. The van der Waals surface area contributed by atoms with E-state index in [1.807, 2.05) is 42.5 Å². The van der Waals surface area contributed by atoms with Crippen molar-refractivity contribution >= 4 is 51.2 Å². The van der Waals surface area contributed by atoms with E-state index in [0.717, 1.165) is 16.3 Å². The number of nitrogens with zero attached hydrogens (tertiary/aromatic N) is 4. The Balaban J connectivity index is 1.48. The summed E-state index contributed by atoms with van der Waals surface area (Å²) in [7, 11) is 0. The van der Waals surface area contributed by atoms with Crippen molar-refractivity contribution in [3.8, 4) is 0 Å². The third-order valence-corrected chi connectivity index (χ3v) is 7.01. The first-order chi connectivity index (χ1) is 19.1. The largest absolute Gasteiger partial charge is 0.490 e. The van der Waals surface area contributed by atoms with Gasteiger partial charge in [-0.25, -0.2) is 9.78 Å². The number of aliphatic hydroxyl groups excluding tert-OH is 1. The lowest BCUT2D eigenvalue weighted by atomic mass is 10.0. The predicted molar refractivity (Wildman–Crippen MR) is 139 cm³/mol. The number of halogens is 4. The number of nitrogens with one attached hydrogen (secondary N) is 2. The third kappa shape index (κ3) is 5.39. The van der Waals surface area contributed by atoms with Crippen LogP contribution in [-0.4, -0.2) is 60.9 Å². The highest BCUT2D eigenvalue weighted by atomic mass is 35.5. The van der Waals surface area contributed by atoms with Crippen LogP contribution in [0.2, 0.25) is 5.28 Å². The molecule has 0 aliphatic heterocycles. The Hall–Kier alpha value is -3.97. The number of hydrogen-bond acceptors (Lipinski definition) is 8. The van der Waals surface area contributed by atoms with Gasteiger partial charge < -0.3 is 25.0 Å². The average Bonchev–Trinajstić information content (AvgIpc) is 3.47. The topological polar surface area (TPSA) is 131 Å². The molecule has 4 atom stereocenters. The van der Waals surface area contributed by atoms with Crippen molar-refractivity contribution in [2.45, 2.75) is 56.8 Å². The lowest BCUT2D eigenvalue weighted by molar-refractivity contribution is -0.209. The van der Waals surface area contributed by atoms with E-state index in [2.05, 4.69) is 25.6 Å². The normalized spacial score (nSPS) is 21.1. The van der Waals surface area contributed by atoms with Gasteiger partial charge in [-0.2, -0.15) is 23.1 Å². The Bertz CT molecular complexity index is 1570. The Morgan fingerprint density at radius 3 is 2.67 bits per heavy atom. The maximum Gasteiger partial charge on any atom is 0.490 e. The van der Waals surface area contributed by atoms with Crippen molar-refractivity contribution in [3.05, 3.63) is 59.6 Å². The number of alkyl halides is 3. The van der Waals surface area contributed by atoms with Gasteiger partial charge in [0.05, 0.1) is 18.4 Å². The van der Waals surface area contributed by atoms with Crippen molar-refractivity contribution in [2.24, 2.45) is 0 Å². The molecule has 1 fully saturated rings. The Labute approximate surface area is 230 Å². The van der Waals surface area contributed by atoms with Crippen molar-refractivity contribution in [2.75, 3.05) is 5.32 Å². The van der Waals surface area contributed by atoms with Crippen LogP contribution >= 0.6 is 11.6 Å². The van der Waals surface area contributed by atoms with Gasteiger partial charge in [0.1, 0.15) is 6.10 Å². The summed E-state index contributed by atoms with van der Waals surface area (Å²) in [4.78, 5) is 36.5. The average molecular weight is 577 g/mol. The minimum atomic E-state index is -5.28. The fraction of sp³-hybridized carbons (Fsp3) is 0.346. The summed E-state index contributed by atoms with van der Waals surface area (Å²) in [6.07, 6.45) is -7.23. The molecule has 1 amide bonds. The standard InChI is InChI=1S/C26H24ClF3N6O4/c1-2-18(37)33-16-10-17(21(20(16)38)40-24(39)26(28,29)30)36-12-32-19-22(34-25(27)35-23(19)36)31-11-14-8-5-7-13-6-3-4-9-15(13)14/h3-9,12,16-17,20-21,38H,2,10-11H2,1H3,(H,33,37)(H,31,34,35)/t16-,17+,20+,21-/m0/s1. The number of carbonyl (C=O) groups excluding carboxylic acids is 2. The number of aliphatic hydroxyl groups is 1. The second-order valence-corrected chi connectivity index (χ2v) is 9.68. The molecule has 1 aliphatic carbocycles. The Morgan fingerprint density at radius 1 is 1.18 bits per heavy atom. The van der Waals surface area contributed by atoms with E-state index in [1.165, 1.54) is 10.9 Å². The smallest absolute Gasteiger partial charge is 0.451 e. The number of imidazole rings is 1. The molecule has 210 valence electrons. The quantitative estimate of drug-likeness (QED) is 0.223. The molecule has 40 heavy (non-hydrogen) atoms. The van der Waals surface area contributed by atoms with Gasteiger partial charge in [0.2, 0.25) is 11.2 Å². The zero-order valence-electron chi connectivity index (χ0n) is 21.0. The molecule has 10 nitrogen and oxygen atoms in total. The van der Waals surface area contributed by atoms with Crippen molar-refractivity contribution in [3.63, 3.8) is 0 Å². The summed E-state index contributed by atoms with van der Waals surface area (Å²) in [5, 5.41) is 18.5. The number of benzene rings is 2. The summed E-state index contributed by atoms with van der Waals surface area (Å²) in [5.74, 6) is -2.61. The number of amides is 1. The first-order valence-corrected chi connectivity index (χ1v) is 12.8. The van der Waals surface area contributed by atoms with Crippen molar-refractivity contribution in [1.82, 2.24) is 24.8 Å². The molecule has 0 bridgehead atoms. The van der Waals surface area contributed by atoms with Crippen LogP contribution in [0.25, 0.3) is 21.9 Å². The summed E-state index contributed by atoms with van der Waals surface area (Å²) in [5.41, 5.74) is 1.39. The fourth-order valence-corrected chi connectivity index (χ4v) is 5.10. The molecular formula is C26H24ClF3N6O4. The van der Waals surface area contributed by atoms with Gasteiger partial charge in [0, 0.05) is 13.0 Å². The van der Waals surface area contributed by atoms with Gasteiger partial charge in [-0.15, -0.1) is 0 Å². The Morgan fingerprint density at radius 2 is 1.93 bits per heavy atom. The maximum atomic E-state index is 13.1. The van der Waals surface area contributed by atoms with Crippen LogP contribution in [-0.2, 0) is 20.9 Å². The number of carbonyl (C=O) groups is 2. The van der Waals surface area contributed by atoms with Gasteiger partial charge in [-0.05, 0) is 34.4 Å². The predicted octanol–water partition coefficient (Wildman–Crippen LogP) is 3.92. The van der Waals surface area contributed by atoms with E-state index in [4.69, 9.17) is 16.3 Å². The number of fused-ring (bicyclic) bond motifs is 2. The molecule has 14 heteroatoms. The van der Waals surface area contributed by atoms with E-state index < -0.39 is 42.3 Å². The molecule has 1 aliphatic rings. The molecular weight excluding hydrogens is 553 g/mol. The molecule has 5 rings (SSSR count). The van der Waals surface area contributed by atoms with E-state index >= 15 is 0 Å². The second-order valence-electron chi connectivity index (χ2n) is 9.35. The maximum absolute atomic E-state index is 13.1. The molecule has 2 aromatic carbocycles. The lowest BCUT2D eigenvalue weighted by Crippen LogP contribution is -2.45. The molecule has 0 unspecified atom stereocenters. The number of hydrogen-bond donors (Lipinski definition) is 3. The summed E-state index contributed by atoms with van der Waals surface area (Å²) in [6.45, 7) is 1.94. The molecule has 0 radical (unpaired) electrons. The summed E-state index contributed by atoms with van der Waals surface area (Å²) >= 11 is 6.22. The molecule has 1 saturated carbocycles. The minimum Gasteiger partial charge on any atom is -0.451 e. The SMILES string of the molecule is CCC(=O)N[C@H]1C[C@@H](n2cnc3c(NCc4cccc5ccccc45)nc(Cl)nc32)[C@H](OC(=O)C(F)(F)F)[C@@H]1O. The highest BCUT2D eigenvalue weighted by Gasteiger charge is 2.51. The number of ether oxygens (including phenoxy) is 1. The minimum absolute atomic E-state index is 0.0610. The molecule has 2 aromatic heterocycles. The van der Waals surface area contributed by atoms with Crippen LogP contribution in [0.15, 0.2) is 48.8 Å².